The standard InChI is InChI=1S/C15H23NO3S/c1-3-18-15(17)14(16)11-20-9-5-8-19-13-7-4-6-12(2)10-13/h4,6-7,10,14H,3,5,8-9,11,16H2,1-2H3. The van der Waals surface area contributed by atoms with Gasteiger partial charge < -0.3 is 15.2 Å². The van der Waals surface area contributed by atoms with Crippen LogP contribution in [0.25, 0.3) is 0 Å². The Morgan fingerprint density at radius 1 is 1.45 bits per heavy atom. The van der Waals surface area contributed by atoms with E-state index in [1.807, 2.05) is 31.2 Å². The van der Waals surface area contributed by atoms with Gasteiger partial charge in [-0.15, -0.1) is 0 Å². The second-order valence-electron chi connectivity index (χ2n) is 4.45. The molecular weight excluding hydrogens is 274 g/mol. The van der Waals surface area contributed by atoms with Gasteiger partial charge in [-0.25, -0.2) is 0 Å². The molecule has 0 fully saturated rings. The number of carbonyl (C=O) groups excluding carboxylic acids is 1. The number of thioether (sulfide) groups is 1. The Hall–Kier alpha value is -1.20. The van der Waals surface area contributed by atoms with Gasteiger partial charge in [0, 0.05) is 5.75 Å². The Labute approximate surface area is 125 Å². The highest BCUT2D eigenvalue weighted by molar-refractivity contribution is 7.99. The Bertz CT molecular complexity index is 412. The number of hydrogen-bond donors (Lipinski definition) is 1. The molecule has 4 nitrogen and oxygen atoms in total. The zero-order chi connectivity index (χ0) is 14.8. The fourth-order valence-corrected chi connectivity index (χ4v) is 2.46. The first kappa shape index (κ1) is 16.9. The molecule has 0 radical (unpaired) electrons. The normalized spacial score (nSPS) is 11.9. The Kier molecular flexibility index (Phi) is 8.14. The molecule has 0 aliphatic carbocycles. The maximum Gasteiger partial charge on any atom is 0.323 e. The molecule has 1 aromatic rings. The van der Waals surface area contributed by atoms with Crippen LogP contribution in [0.2, 0.25) is 0 Å². The maximum absolute atomic E-state index is 11.3. The summed E-state index contributed by atoms with van der Waals surface area (Å²) in [6, 6.07) is 7.47. The van der Waals surface area contributed by atoms with Gasteiger partial charge in [0.25, 0.3) is 0 Å². The highest BCUT2D eigenvalue weighted by Crippen LogP contribution is 2.13. The average Bonchev–Trinajstić information content (AvgIpc) is 2.42. The van der Waals surface area contributed by atoms with Crippen molar-refractivity contribution in [1.82, 2.24) is 0 Å². The molecule has 0 saturated heterocycles. The van der Waals surface area contributed by atoms with Crippen molar-refractivity contribution >= 4 is 17.7 Å². The third-order valence-corrected chi connectivity index (χ3v) is 3.75. The van der Waals surface area contributed by atoms with Crippen molar-refractivity contribution in [2.45, 2.75) is 26.3 Å². The monoisotopic (exact) mass is 297 g/mol. The number of ether oxygens (including phenoxy) is 2. The van der Waals surface area contributed by atoms with Gasteiger partial charge in [-0.05, 0) is 43.7 Å². The quantitative estimate of drug-likeness (QED) is 0.560. The molecule has 0 spiro atoms. The minimum atomic E-state index is -0.530. The van der Waals surface area contributed by atoms with Crippen molar-refractivity contribution in [2.24, 2.45) is 5.73 Å². The summed E-state index contributed by atoms with van der Waals surface area (Å²) in [6.07, 6.45) is 0.925. The van der Waals surface area contributed by atoms with Gasteiger partial charge in [-0.3, -0.25) is 4.79 Å². The highest BCUT2D eigenvalue weighted by atomic mass is 32.2. The SMILES string of the molecule is CCOC(=O)C(N)CSCCCOc1cccc(C)c1. The zero-order valence-electron chi connectivity index (χ0n) is 12.1. The summed E-state index contributed by atoms with van der Waals surface area (Å²) in [7, 11) is 0. The van der Waals surface area contributed by atoms with Crippen LogP contribution in [-0.4, -0.2) is 36.7 Å². The molecule has 0 saturated carbocycles. The molecule has 1 rings (SSSR count). The summed E-state index contributed by atoms with van der Waals surface area (Å²) in [6.45, 7) is 4.87. The van der Waals surface area contributed by atoms with E-state index in [9.17, 15) is 4.79 Å². The second-order valence-corrected chi connectivity index (χ2v) is 5.60. The molecular formula is C15H23NO3S. The van der Waals surface area contributed by atoms with Gasteiger partial charge in [0.15, 0.2) is 0 Å². The average molecular weight is 297 g/mol. The van der Waals surface area contributed by atoms with Crippen molar-refractivity contribution in [3.05, 3.63) is 29.8 Å². The van der Waals surface area contributed by atoms with Crippen LogP contribution in [0.15, 0.2) is 24.3 Å². The molecule has 0 aliphatic heterocycles. The summed E-state index contributed by atoms with van der Waals surface area (Å²) in [5.41, 5.74) is 6.89. The van der Waals surface area contributed by atoms with Crippen LogP contribution >= 0.6 is 11.8 Å². The molecule has 20 heavy (non-hydrogen) atoms. The molecule has 2 N–H and O–H groups in total. The third-order valence-electron chi connectivity index (χ3n) is 2.58. The van der Waals surface area contributed by atoms with Crippen molar-refractivity contribution in [2.75, 3.05) is 24.7 Å². The van der Waals surface area contributed by atoms with E-state index in [2.05, 4.69) is 0 Å². The van der Waals surface area contributed by atoms with Gasteiger partial charge in [-0.1, -0.05) is 12.1 Å². The first-order valence-electron chi connectivity index (χ1n) is 6.83. The van der Waals surface area contributed by atoms with Crippen molar-refractivity contribution in [3.63, 3.8) is 0 Å². The van der Waals surface area contributed by atoms with Crippen molar-refractivity contribution < 1.29 is 14.3 Å². The van der Waals surface area contributed by atoms with E-state index < -0.39 is 6.04 Å². The van der Waals surface area contributed by atoms with Crippen molar-refractivity contribution in [1.29, 1.82) is 0 Å². The lowest BCUT2D eigenvalue weighted by Crippen LogP contribution is -2.34. The predicted molar refractivity (Wildman–Crippen MR) is 83.2 cm³/mol. The number of aryl methyl sites for hydroxylation is 1. The lowest BCUT2D eigenvalue weighted by molar-refractivity contribution is -0.144. The fraction of sp³-hybridized carbons (Fsp3) is 0.533. The van der Waals surface area contributed by atoms with E-state index in [0.29, 0.717) is 19.0 Å². The lowest BCUT2D eigenvalue weighted by atomic mass is 10.2. The number of nitrogens with two attached hydrogens (primary N) is 1. The van der Waals surface area contributed by atoms with Gasteiger partial charge in [-0.2, -0.15) is 11.8 Å². The summed E-state index contributed by atoms with van der Waals surface area (Å²) in [5, 5.41) is 0. The van der Waals surface area contributed by atoms with Crippen molar-refractivity contribution in [3.8, 4) is 5.75 Å². The molecule has 1 unspecified atom stereocenters. The van der Waals surface area contributed by atoms with Gasteiger partial charge in [0.1, 0.15) is 11.8 Å². The largest absolute Gasteiger partial charge is 0.494 e. The number of rotatable bonds is 9. The molecule has 5 heteroatoms. The second kappa shape index (κ2) is 9.66. The zero-order valence-corrected chi connectivity index (χ0v) is 12.9. The summed E-state index contributed by atoms with van der Waals surface area (Å²) in [5.74, 6) is 2.08. The number of benzene rings is 1. The molecule has 1 atom stereocenters. The van der Waals surface area contributed by atoms with Crippen LogP contribution in [-0.2, 0) is 9.53 Å². The number of hydrogen-bond acceptors (Lipinski definition) is 5. The first-order chi connectivity index (χ1) is 9.63. The van der Waals surface area contributed by atoms with E-state index >= 15 is 0 Å². The van der Waals surface area contributed by atoms with E-state index in [-0.39, 0.29) is 5.97 Å². The van der Waals surface area contributed by atoms with Crippen LogP contribution in [0.3, 0.4) is 0 Å². The maximum atomic E-state index is 11.3. The first-order valence-corrected chi connectivity index (χ1v) is 7.98. The van der Waals surface area contributed by atoms with Crippen LogP contribution < -0.4 is 10.5 Å². The molecule has 0 amide bonds. The van der Waals surface area contributed by atoms with Crippen LogP contribution in [0.4, 0.5) is 0 Å². The topological polar surface area (TPSA) is 61.5 Å². The molecule has 1 aromatic carbocycles. The Balaban J connectivity index is 2.06. The third kappa shape index (κ3) is 6.82. The fourth-order valence-electron chi connectivity index (χ4n) is 1.58. The van der Waals surface area contributed by atoms with Crippen LogP contribution in [0, 0.1) is 6.92 Å². The van der Waals surface area contributed by atoms with Gasteiger partial charge in [0.05, 0.1) is 13.2 Å². The summed E-state index contributed by atoms with van der Waals surface area (Å²) in [4.78, 5) is 11.3. The van der Waals surface area contributed by atoms with Crippen LogP contribution in [0.5, 0.6) is 5.75 Å². The molecule has 0 aliphatic rings. The summed E-state index contributed by atoms with van der Waals surface area (Å²) < 4.78 is 10.5. The number of carbonyl (C=O) groups is 1. The predicted octanol–water partition coefficient (Wildman–Crippen LogP) is 2.39. The summed E-state index contributed by atoms with van der Waals surface area (Å²) >= 11 is 1.65. The molecule has 0 bridgehead atoms. The highest BCUT2D eigenvalue weighted by Gasteiger charge is 2.13. The Morgan fingerprint density at radius 2 is 2.25 bits per heavy atom. The lowest BCUT2D eigenvalue weighted by Gasteiger charge is -2.10. The minimum Gasteiger partial charge on any atom is -0.494 e. The minimum absolute atomic E-state index is 0.323. The molecule has 0 heterocycles. The molecule has 0 aromatic heterocycles. The van der Waals surface area contributed by atoms with E-state index in [4.69, 9.17) is 15.2 Å². The van der Waals surface area contributed by atoms with E-state index in [0.717, 1.165) is 17.9 Å². The number of esters is 1. The van der Waals surface area contributed by atoms with Crippen LogP contribution in [0.1, 0.15) is 18.9 Å². The van der Waals surface area contributed by atoms with E-state index in [1.54, 1.807) is 18.7 Å². The van der Waals surface area contributed by atoms with Gasteiger partial charge >= 0.3 is 5.97 Å². The van der Waals surface area contributed by atoms with Gasteiger partial charge in [0.2, 0.25) is 0 Å². The van der Waals surface area contributed by atoms with E-state index in [1.165, 1.54) is 5.56 Å². The Morgan fingerprint density at radius 3 is 2.95 bits per heavy atom. The smallest absolute Gasteiger partial charge is 0.323 e. The molecule has 112 valence electrons.